The van der Waals surface area contributed by atoms with Crippen molar-refractivity contribution in [2.45, 2.75) is 32.7 Å². The number of hydrogen-bond donors (Lipinski definition) is 2. The fourth-order valence-corrected chi connectivity index (χ4v) is 3.00. The molecule has 0 aliphatic heterocycles. The standard InChI is InChI=1S/C25H25ClN2O3/c1-25(2,3)19-10-8-18(9-11-19)23(29)28-22(15-17-6-12-20(26)13-7-17)24(30)27-16-21-5-4-14-31-21/h4-15H,16H2,1-3H3,(H,27,30)(H,28,29)/b22-15+. The minimum absolute atomic E-state index is 0.0135. The molecule has 2 N–H and O–H groups in total. The molecule has 0 unspecified atom stereocenters. The first kappa shape index (κ1) is 22.4. The van der Waals surface area contributed by atoms with Crippen LogP contribution in [-0.2, 0) is 16.8 Å². The molecular formula is C25H25ClN2O3. The number of rotatable bonds is 6. The zero-order valence-corrected chi connectivity index (χ0v) is 18.5. The van der Waals surface area contributed by atoms with Crippen LogP contribution < -0.4 is 10.6 Å². The van der Waals surface area contributed by atoms with Gasteiger partial charge in [0.1, 0.15) is 11.5 Å². The Balaban J connectivity index is 1.80. The van der Waals surface area contributed by atoms with Crippen LogP contribution in [0, 0.1) is 0 Å². The van der Waals surface area contributed by atoms with E-state index in [9.17, 15) is 9.59 Å². The molecule has 3 rings (SSSR count). The molecule has 1 heterocycles. The summed E-state index contributed by atoms with van der Waals surface area (Å²) in [5, 5.41) is 6.08. The topological polar surface area (TPSA) is 71.3 Å². The molecule has 0 bridgehead atoms. The first-order chi connectivity index (χ1) is 14.7. The van der Waals surface area contributed by atoms with E-state index in [1.807, 2.05) is 12.1 Å². The van der Waals surface area contributed by atoms with E-state index in [1.165, 1.54) is 6.26 Å². The van der Waals surface area contributed by atoms with Crippen LogP contribution in [0.2, 0.25) is 5.02 Å². The van der Waals surface area contributed by atoms with Gasteiger partial charge in [-0.3, -0.25) is 9.59 Å². The predicted molar refractivity (Wildman–Crippen MR) is 123 cm³/mol. The summed E-state index contributed by atoms with van der Waals surface area (Å²) in [4.78, 5) is 25.6. The Morgan fingerprint density at radius 3 is 2.26 bits per heavy atom. The summed E-state index contributed by atoms with van der Waals surface area (Å²) in [7, 11) is 0. The SMILES string of the molecule is CC(C)(C)c1ccc(C(=O)N/C(=C/c2ccc(Cl)cc2)C(=O)NCc2ccco2)cc1. The molecule has 31 heavy (non-hydrogen) atoms. The molecule has 160 valence electrons. The second-order valence-electron chi connectivity index (χ2n) is 8.15. The molecule has 0 atom stereocenters. The zero-order chi connectivity index (χ0) is 22.4. The van der Waals surface area contributed by atoms with E-state index in [2.05, 4.69) is 31.4 Å². The van der Waals surface area contributed by atoms with Gasteiger partial charge in [0, 0.05) is 10.6 Å². The molecule has 0 saturated carbocycles. The largest absolute Gasteiger partial charge is 0.467 e. The summed E-state index contributed by atoms with van der Waals surface area (Å²) in [5.74, 6) is -0.178. The van der Waals surface area contributed by atoms with Crippen molar-refractivity contribution in [3.8, 4) is 0 Å². The van der Waals surface area contributed by atoms with Crippen molar-refractivity contribution in [1.82, 2.24) is 10.6 Å². The molecule has 0 saturated heterocycles. The third-order valence-corrected chi connectivity index (χ3v) is 4.94. The van der Waals surface area contributed by atoms with Crippen molar-refractivity contribution in [3.63, 3.8) is 0 Å². The number of furan rings is 1. The average Bonchev–Trinajstić information content (AvgIpc) is 3.26. The molecule has 0 fully saturated rings. The van der Waals surface area contributed by atoms with E-state index in [0.29, 0.717) is 16.3 Å². The highest BCUT2D eigenvalue weighted by Crippen LogP contribution is 2.22. The Labute approximate surface area is 187 Å². The highest BCUT2D eigenvalue weighted by atomic mass is 35.5. The molecule has 1 aromatic heterocycles. The summed E-state index contributed by atoms with van der Waals surface area (Å²) in [6.07, 6.45) is 3.14. The lowest BCUT2D eigenvalue weighted by molar-refractivity contribution is -0.118. The number of carbonyl (C=O) groups is 2. The molecule has 5 nitrogen and oxygen atoms in total. The predicted octanol–water partition coefficient (Wildman–Crippen LogP) is 5.32. The normalized spacial score (nSPS) is 11.8. The molecule has 0 aliphatic carbocycles. The van der Waals surface area contributed by atoms with Crippen LogP contribution in [-0.4, -0.2) is 11.8 Å². The lowest BCUT2D eigenvalue weighted by atomic mass is 9.87. The Morgan fingerprint density at radius 2 is 1.68 bits per heavy atom. The fourth-order valence-electron chi connectivity index (χ4n) is 2.88. The average molecular weight is 437 g/mol. The summed E-state index contributed by atoms with van der Waals surface area (Å²) in [5.41, 5.74) is 2.43. The van der Waals surface area contributed by atoms with Crippen molar-refractivity contribution in [2.24, 2.45) is 0 Å². The van der Waals surface area contributed by atoms with Crippen molar-refractivity contribution in [2.75, 3.05) is 0 Å². The quantitative estimate of drug-likeness (QED) is 0.514. The van der Waals surface area contributed by atoms with E-state index in [1.54, 1.807) is 54.6 Å². The molecule has 6 heteroatoms. The third kappa shape index (κ3) is 6.33. The smallest absolute Gasteiger partial charge is 0.268 e. The van der Waals surface area contributed by atoms with Crippen LogP contribution in [0.15, 0.2) is 77.0 Å². The van der Waals surface area contributed by atoms with Crippen molar-refractivity contribution in [1.29, 1.82) is 0 Å². The van der Waals surface area contributed by atoms with Crippen molar-refractivity contribution >= 4 is 29.5 Å². The molecule has 3 aromatic rings. The summed E-state index contributed by atoms with van der Waals surface area (Å²) >= 11 is 5.95. The Bertz CT molecular complexity index is 1060. The van der Waals surface area contributed by atoms with Gasteiger partial charge in [-0.25, -0.2) is 0 Å². The van der Waals surface area contributed by atoms with Crippen LogP contribution in [0.1, 0.15) is 48.0 Å². The number of nitrogens with one attached hydrogen (secondary N) is 2. The first-order valence-corrected chi connectivity index (χ1v) is 10.3. The highest BCUT2D eigenvalue weighted by molar-refractivity contribution is 6.30. The number of carbonyl (C=O) groups excluding carboxylic acids is 2. The minimum atomic E-state index is -0.425. The van der Waals surface area contributed by atoms with Gasteiger partial charge in [-0.2, -0.15) is 0 Å². The molecule has 0 aliphatic rings. The number of benzene rings is 2. The molecule has 0 spiro atoms. The maximum atomic E-state index is 12.8. The lowest BCUT2D eigenvalue weighted by Gasteiger charge is -2.19. The van der Waals surface area contributed by atoms with E-state index in [0.717, 1.165) is 11.1 Å². The molecule has 2 amide bonds. The lowest BCUT2D eigenvalue weighted by Crippen LogP contribution is -2.34. The van der Waals surface area contributed by atoms with E-state index >= 15 is 0 Å². The van der Waals surface area contributed by atoms with Crippen LogP contribution in [0.3, 0.4) is 0 Å². The van der Waals surface area contributed by atoms with E-state index < -0.39 is 5.91 Å². The first-order valence-electron chi connectivity index (χ1n) is 9.92. The molecular weight excluding hydrogens is 412 g/mol. The van der Waals surface area contributed by atoms with Gasteiger partial charge in [-0.15, -0.1) is 0 Å². The van der Waals surface area contributed by atoms with Crippen molar-refractivity contribution < 1.29 is 14.0 Å². The van der Waals surface area contributed by atoms with Gasteiger partial charge in [-0.1, -0.05) is 56.6 Å². The van der Waals surface area contributed by atoms with Gasteiger partial charge in [0.05, 0.1) is 12.8 Å². The monoisotopic (exact) mass is 436 g/mol. The third-order valence-electron chi connectivity index (χ3n) is 4.69. The van der Waals surface area contributed by atoms with Crippen LogP contribution in [0.4, 0.5) is 0 Å². The second-order valence-corrected chi connectivity index (χ2v) is 8.59. The number of halogens is 1. The van der Waals surface area contributed by atoms with Crippen LogP contribution >= 0.6 is 11.6 Å². The van der Waals surface area contributed by atoms with E-state index in [4.69, 9.17) is 16.0 Å². The van der Waals surface area contributed by atoms with Crippen LogP contribution in [0.5, 0.6) is 0 Å². The Hall–Kier alpha value is -3.31. The Morgan fingerprint density at radius 1 is 1.00 bits per heavy atom. The molecule has 0 radical (unpaired) electrons. The number of amides is 2. The Kier molecular flexibility index (Phi) is 6.98. The zero-order valence-electron chi connectivity index (χ0n) is 17.7. The highest BCUT2D eigenvalue weighted by Gasteiger charge is 2.17. The summed E-state index contributed by atoms with van der Waals surface area (Å²) < 4.78 is 5.25. The van der Waals surface area contributed by atoms with Gasteiger partial charge >= 0.3 is 0 Å². The second kappa shape index (κ2) is 9.67. The number of hydrogen-bond acceptors (Lipinski definition) is 3. The molecule has 2 aromatic carbocycles. The maximum absolute atomic E-state index is 12.8. The van der Waals surface area contributed by atoms with Gasteiger partial charge < -0.3 is 15.1 Å². The van der Waals surface area contributed by atoms with Gasteiger partial charge in [0.2, 0.25) is 0 Å². The maximum Gasteiger partial charge on any atom is 0.268 e. The minimum Gasteiger partial charge on any atom is -0.467 e. The fraction of sp³-hybridized carbons (Fsp3) is 0.200. The van der Waals surface area contributed by atoms with Gasteiger partial charge in [-0.05, 0) is 59.0 Å². The summed E-state index contributed by atoms with van der Waals surface area (Å²) in [6, 6.07) is 17.9. The summed E-state index contributed by atoms with van der Waals surface area (Å²) in [6.45, 7) is 6.54. The van der Waals surface area contributed by atoms with Crippen molar-refractivity contribution in [3.05, 3.63) is 100 Å². The van der Waals surface area contributed by atoms with Gasteiger partial charge in [0.15, 0.2) is 0 Å². The van der Waals surface area contributed by atoms with E-state index in [-0.39, 0.29) is 23.6 Å². The van der Waals surface area contributed by atoms with Gasteiger partial charge in [0.25, 0.3) is 11.8 Å². The van der Waals surface area contributed by atoms with Crippen LogP contribution in [0.25, 0.3) is 6.08 Å².